The normalized spacial score (nSPS) is 17.7. The summed E-state index contributed by atoms with van der Waals surface area (Å²) in [5.41, 5.74) is 1.06. The second-order valence-electron chi connectivity index (χ2n) is 8.53. The van der Waals surface area contributed by atoms with Gasteiger partial charge in [0.05, 0.1) is 17.7 Å². The van der Waals surface area contributed by atoms with Gasteiger partial charge in [0.2, 0.25) is 0 Å². The van der Waals surface area contributed by atoms with E-state index >= 15 is 0 Å². The molecular weight excluding hydrogens is 509 g/mol. The van der Waals surface area contributed by atoms with Gasteiger partial charge in [-0.15, -0.1) is 13.2 Å². The van der Waals surface area contributed by atoms with Gasteiger partial charge in [0.25, 0.3) is 11.8 Å². The number of methoxy groups -OCH3 is 1. The minimum absolute atomic E-state index is 0.223. The summed E-state index contributed by atoms with van der Waals surface area (Å²) >= 11 is 6.20. The molecule has 1 fully saturated rings. The van der Waals surface area contributed by atoms with E-state index in [9.17, 15) is 22.8 Å². The van der Waals surface area contributed by atoms with Gasteiger partial charge in [-0.05, 0) is 42.3 Å². The average Bonchev–Trinajstić information content (AvgIpc) is 2.88. The number of likely N-dealkylation sites (tertiary alicyclic amines) is 1. The highest BCUT2D eigenvalue weighted by molar-refractivity contribution is 6.32. The Labute approximate surface area is 216 Å². The molecule has 0 spiro atoms. The van der Waals surface area contributed by atoms with Crippen LogP contribution in [0.25, 0.3) is 0 Å². The molecule has 3 aromatic carbocycles. The fraction of sp³-hybridized carbons (Fsp3) is 0.259. The molecule has 1 aliphatic rings. The van der Waals surface area contributed by atoms with E-state index in [1.54, 1.807) is 23.1 Å². The monoisotopic (exact) mass is 532 g/mol. The first-order chi connectivity index (χ1) is 17.7. The zero-order valence-corrected chi connectivity index (χ0v) is 20.6. The number of carbonyl (C=O) groups is 2. The van der Waals surface area contributed by atoms with E-state index in [-0.39, 0.29) is 23.9 Å². The summed E-state index contributed by atoms with van der Waals surface area (Å²) < 4.78 is 47.7. The number of rotatable bonds is 6. The van der Waals surface area contributed by atoms with Gasteiger partial charge < -0.3 is 19.7 Å². The molecule has 1 N–H and O–H groups in total. The Bertz CT molecular complexity index is 1270. The highest BCUT2D eigenvalue weighted by atomic mass is 35.5. The van der Waals surface area contributed by atoms with Crippen LogP contribution in [0.4, 0.5) is 13.2 Å². The Hall–Kier alpha value is -3.72. The van der Waals surface area contributed by atoms with Crippen LogP contribution in [0.5, 0.6) is 11.5 Å². The van der Waals surface area contributed by atoms with Gasteiger partial charge in [-0.1, -0.05) is 54.1 Å². The van der Waals surface area contributed by atoms with Crippen LogP contribution in [0.3, 0.4) is 0 Å². The number of hydrogen-bond acceptors (Lipinski definition) is 4. The lowest BCUT2D eigenvalue weighted by Crippen LogP contribution is -2.51. The minimum Gasteiger partial charge on any atom is -0.495 e. The van der Waals surface area contributed by atoms with E-state index in [1.807, 2.05) is 30.3 Å². The second-order valence-corrected chi connectivity index (χ2v) is 8.94. The number of amides is 2. The van der Waals surface area contributed by atoms with Crippen molar-refractivity contribution in [3.63, 3.8) is 0 Å². The Morgan fingerprint density at radius 1 is 1.00 bits per heavy atom. The first-order valence-corrected chi connectivity index (χ1v) is 11.9. The zero-order chi connectivity index (χ0) is 26.6. The van der Waals surface area contributed by atoms with Crippen LogP contribution in [-0.4, -0.2) is 49.3 Å². The van der Waals surface area contributed by atoms with Crippen LogP contribution in [0, 0.1) is 0 Å². The minimum atomic E-state index is -4.93. The predicted molar refractivity (Wildman–Crippen MR) is 132 cm³/mol. The number of hydrogen-bond donors (Lipinski definition) is 1. The fourth-order valence-corrected chi connectivity index (χ4v) is 4.70. The summed E-state index contributed by atoms with van der Waals surface area (Å²) in [5.74, 6) is -1.33. The van der Waals surface area contributed by atoms with Crippen LogP contribution in [0.15, 0.2) is 72.8 Å². The highest BCUT2D eigenvalue weighted by Gasteiger charge is 2.36. The van der Waals surface area contributed by atoms with E-state index in [1.165, 1.54) is 25.3 Å². The molecule has 2 atom stereocenters. The van der Waals surface area contributed by atoms with Crippen molar-refractivity contribution < 1.29 is 32.2 Å². The first kappa shape index (κ1) is 26.3. The van der Waals surface area contributed by atoms with Crippen molar-refractivity contribution in [3.8, 4) is 11.5 Å². The third-order valence-electron chi connectivity index (χ3n) is 6.20. The van der Waals surface area contributed by atoms with Crippen LogP contribution in [-0.2, 0) is 0 Å². The lowest BCUT2D eigenvalue weighted by atomic mass is 9.85. The predicted octanol–water partition coefficient (Wildman–Crippen LogP) is 5.68. The molecule has 2 amide bonds. The number of halogens is 4. The van der Waals surface area contributed by atoms with Gasteiger partial charge in [-0.3, -0.25) is 9.59 Å². The molecule has 0 saturated carbocycles. The van der Waals surface area contributed by atoms with Gasteiger partial charge in [0.15, 0.2) is 0 Å². The second kappa shape index (κ2) is 11.1. The third-order valence-corrected chi connectivity index (χ3v) is 6.50. The molecule has 0 bridgehead atoms. The molecule has 37 heavy (non-hydrogen) atoms. The van der Waals surface area contributed by atoms with Gasteiger partial charge in [0.1, 0.15) is 11.5 Å². The summed E-state index contributed by atoms with van der Waals surface area (Å²) in [5, 5.41) is 3.19. The molecule has 0 radical (unpaired) electrons. The van der Waals surface area contributed by atoms with E-state index in [4.69, 9.17) is 16.3 Å². The summed E-state index contributed by atoms with van der Waals surface area (Å²) in [7, 11) is 1.49. The number of nitrogens with one attached hydrogen (secondary N) is 1. The largest absolute Gasteiger partial charge is 0.573 e. The molecule has 4 rings (SSSR count). The number of para-hydroxylation sites is 1. The summed E-state index contributed by atoms with van der Waals surface area (Å²) in [6.45, 7) is 0.621. The van der Waals surface area contributed by atoms with Crippen molar-refractivity contribution in [2.24, 2.45) is 0 Å². The van der Waals surface area contributed by atoms with E-state index in [2.05, 4.69) is 10.1 Å². The molecule has 3 aromatic rings. The van der Waals surface area contributed by atoms with Gasteiger partial charge in [-0.25, -0.2) is 0 Å². The molecule has 0 unspecified atom stereocenters. The van der Waals surface area contributed by atoms with Crippen LogP contribution >= 0.6 is 11.6 Å². The molecule has 1 aliphatic heterocycles. The Kier molecular flexibility index (Phi) is 7.92. The zero-order valence-electron chi connectivity index (χ0n) is 19.8. The summed E-state index contributed by atoms with van der Waals surface area (Å²) in [4.78, 5) is 28.0. The van der Waals surface area contributed by atoms with E-state index < -0.39 is 24.1 Å². The molecular formula is C27H24ClF3N2O4. The molecule has 0 aliphatic carbocycles. The summed E-state index contributed by atoms with van der Waals surface area (Å²) in [6.07, 6.45) is -4.54. The lowest BCUT2D eigenvalue weighted by molar-refractivity contribution is -0.274. The Balaban J connectivity index is 1.56. The maximum Gasteiger partial charge on any atom is 0.573 e. The topological polar surface area (TPSA) is 67.9 Å². The number of nitrogens with zero attached hydrogens (tertiary/aromatic N) is 1. The molecule has 1 heterocycles. The van der Waals surface area contributed by atoms with Crippen molar-refractivity contribution in [1.29, 1.82) is 0 Å². The smallest absolute Gasteiger partial charge is 0.495 e. The van der Waals surface area contributed by atoms with Crippen molar-refractivity contribution >= 4 is 23.4 Å². The standard InChI is InChI=1S/C27H24ClF3N2O4/c1-36-24-12-11-18(15-21(24)28)26(35)33-14-13-22(20(16-33)17-7-3-2-4-8-17)32-25(34)19-9-5-6-10-23(19)37-27(29,30)31/h2-12,15,20,22H,13-14,16H2,1H3,(H,32,34)/t20-,22-/m1/s1. The van der Waals surface area contributed by atoms with Gasteiger partial charge >= 0.3 is 6.36 Å². The SMILES string of the molecule is COc1ccc(C(=O)N2CC[C@@H](NC(=O)c3ccccc3OC(F)(F)F)[C@@H](c3ccccc3)C2)cc1Cl. The van der Waals surface area contributed by atoms with Crippen molar-refractivity contribution in [1.82, 2.24) is 10.2 Å². The van der Waals surface area contributed by atoms with Crippen LogP contribution in [0.2, 0.25) is 5.02 Å². The molecule has 0 aromatic heterocycles. The first-order valence-electron chi connectivity index (χ1n) is 11.5. The number of piperidine rings is 1. The molecule has 1 saturated heterocycles. The highest BCUT2D eigenvalue weighted by Crippen LogP contribution is 2.32. The Morgan fingerprint density at radius 2 is 1.70 bits per heavy atom. The van der Waals surface area contributed by atoms with Gasteiger partial charge in [0, 0.05) is 30.6 Å². The maximum absolute atomic E-state index is 13.3. The molecule has 6 nitrogen and oxygen atoms in total. The van der Waals surface area contributed by atoms with Gasteiger partial charge in [-0.2, -0.15) is 0 Å². The third kappa shape index (κ3) is 6.35. The molecule has 194 valence electrons. The number of benzene rings is 3. The number of alkyl halides is 3. The number of carbonyl (C=O) groups excluding carboxylic acids is 2. The van der Waals surface area contributed by atoms with Crippen molar-refractivity contribution in [2.45, 2.75) is 24.7 Å². The molecule has 10 heteroatoms. The van der Waals surface area contributed by atoms with Crippen molar-refractivity contribution in [2.75, 3.05) is 20.2 Å². The Morgan fingerprint density at radius 3 is 2.38 bits per heavy atom. The van der Waals surface area contributed by atoms with E-state index in [0.29, 0.717) is 29.3 Å². The average molecular weight is 533 g/mol. The quantitative estimate of drug-likeness (QED) is 0.444. The van der Waals surface area contributed by atoms with Crippen LogP contribution in [0.1, 0.15) is 38.6 Å². The lowest BCUT2D eigenvalue weighted by Gasteiger charge is -2.39. The maximum atomic E-state index is 13.3. The van der Waals surface area contributed by atoms with E-state index in [0.717, 1.165) is 11.6 Å². The number of ether oxygens (including phenoxy) is 2. The van der Waals surface area contributed by atoms with Crippen molar-refractivity contribution in [3.05, 3.63) is 94.5 Å². The summed E-state index contributed by atoms with van der Waals surface area (Å²) in [6, 6.07) is 18.9. The fourth-order valence-electron chi connectivity index (χ4n) is 4.44. The van der Waals surface area contributed by atoms with Crippen LogP contribution < -0.4 is 14.8 Å².